The molecule has 0 amide bonds. The Balaban J connectivity index is 1.82. The summed E-state index contributed by atoms with van der Waals surface area (Å²) >= 11 is 6.53. The predicted molar refractivity (Wildman–Crippen MR) is 109 cm³/mol. The zero-order valence-corrected chi connectivity index (χ0v) is 17.9. The van der Waals surface area contributed by atoms with Crippen molar-refractivity contribution in [3.8, 4) is 23.0 Å². The Kier molecular flexibility index (Phi) is 5.04. The lowest BCUT2D eigenvalue weighted by atomic mass is 9.83. The molecule has 1 unspecified atom stereocenters. The smallest absolute Gasteiger partial charge is 0.306 e. The largest absolute Gasteiger partial charge is 0.504 e. The lowest BCUT2D eigenvalue weighted by molar-refractivity contribution is 0.158. The van der Waals surface area contributed by atoms with Gasteiger partial charge in [-0.3, -0.25) is 4.90 Å². The average Bonchev–Trinajstić information content (AvgIpc) is 2.67. The number of hydrogen-bond donors (Lipinski definition) is 1. The third-order valence-corrected chi connectivity index (χ3v) is 6.34. The number of phenolic OH excluding ortho intramolecular Hbond substituents is 1. The minimum Gasteiger partial charge on any atom is -0.504 e. The predicted octanol–water partition coefficient (Wildman–Crippen LogP) is 3.06. The average molecular weight is 440 g/mol. The molecule has 0 aromatic heterocycles. The van der Waals surface area contributed by atoms with Gasteiger partial charge in [-0.2, -0.15) is 8.42 Å². The number of phenols is 1. The van der Waals surface area contributed by atoms with E-state index in [0.29, 0.717) is 23.7 Å². The van der Waals surface area contributed by atoms with Gasteiger partial charge in [-0.25, -0.2) is 0 Å². The van der Waals surface area contributed by atoms with E-state index in [4.69, 9.17) is 25.3 Å². The minimum atomic E-state index is -3.74. The first-order chi connectivity index (χ1) is 13.7. The van der Waals surface area contributed by atoms with E-state index in [0.717, 1.165) is 41.5 Å². The molecule has 2 aliphatic rings. The molecule has 156 valence electrons. The number of halogens is 1. The number of benzene rings is 2. The van der Waals surface area contributed by atoms with Crippen molar-refractivity contribution >= 4 is 21.7 Å². The fourth-order valence-corrected chi connectivity index (χ4v) is 5.01. The summed E-state index contributed by atoms with van der Waals surface area (Å²) in [4.78, 5) is 2.24. The summed E-state index contributed by atoms with van der Waals surface area (Å²) in [6, 6.07) is 5.23. The van der Waals surface area contributed by atoms with Gasteiger partial charge in [0.1, 0.15) is 0 Å². The molecule has 0 radical (unpaired) electrons. The fourth-order valence-electron chi connectivity index (χ4n) is 4.24. The Bertz CT molecular complexity index is 1090. The lowest BCUT2D eigenvalue weighted by Gasteiger charge is -2.42. The number of ether oxygens (including phenoxy) is 2. The monoisotopic (exact) mass is 439 g/mol. The summed E-state index contributed by atoms with van der Waals surface area (Å²) in [7, 11) is -0.754. The third-order valence-electron chi connectivity index (χ3n) is 5.53. The van der Waals surface area contributed by atoms with Crippen LogP contribution in [0.3, 0.4) is 0 Å². The van der Waals surface area contributed by atoms with Gasteiger partial charge >= 0.3 is 10.1 Å². The maximum Gasteiger partial charge on any atom is 0.306 e. The second kappa shape index (κ2) is 7.27. The van der Waals surface area contributed by atoms with Crippen LogP contribution in [-0.4, -0.2) is 45.4 Å². The van der Waals surface area contributed by atoms with Gasteiger partial charge in [0.2, 0.25) is 0 Å². The van der Waals surface area contributed by atoms with Crippen LogP contribution in [0.15, 0.2) is 18.2 Å². The first-order valence-electron chi connectivity index (χ1n) is 9.13. The first kappa shape index (κ1) is 20.1. The summed E-state index contributed by atoms with van der Waals surface area (Å²) in [6.45, 7) is 1.24. The van der Waals surface area contributed by atoms with E-state index in [2.05, 4.69) is 4.90 Å². The molecule has 0 aliphatic carbocycles. The highest BCUT2D eigenvalue weighted by Gasteiger charge is 2.36. The van der Waals surface area contributed by atoms with Crippen LogP contribution in [0.4, 0.5) is 0 Å². The summed E-state index contributed by atoms with van der Waals surface area (Å²) in [6.07, 6.45) is 2.36. The topological polar surface area (TPSA) is 85.3 Å². The minimum absolute atomic E-state index is 0.0139. The van der Waals surface area contributed by atoms with E-state index in [9.17, 15) is 13.5 Å². The molecule has 0 fully saturated rings. The first-order valence-corrected chi connectivity index (χ1v) is 11.3. The number of fused-ring (bicyclic) bond motifs is 4. The molecule has 0 bridgehead atoms. The van der Waals surface area contributed by atoms with Crippen LogP contribution in [0.1, 0.15) is 28.3 Å². The van der Waals surface area contributed by atoms with Crippen molar-refractivity contribution < 1.29 is 27.2 Å². The molecule has 0 saturated carbocycles. The van der Waals surface area contributed by atoms with Crippen LogP contribution in [0, 0.1) is 0 Å². The van der Waals surface area contributed by atoms with E-state index < -0.39 is 10.1 Å². The molecule has 4 rings (SSSR count). The molecular formula is C20H22ClNO6S. The SMILES string of the molecule is COc1cc2c(cc1O)C1Cc3c(Cl)cc(OC)c(OS(C)(=O)=O)c3CN1CC2. The molecule has 0 saturated heterocycles. The molecule has 1 atom stereocenters. The van der Waals surface area contributed by atoms with Crippen LogP contribution in [0.2, 0.25) is 5.02 Å². The van der Waals surface area contributed by atoms with Crippen LogP contribution >= 0.6 is 11.6 Å². The second-order valence-corrected chi connectivity index (χ2v) is 9.28. The molecule has 7 nitrogen and oxygen atoms in total. The molecule has 9 heteroatoms. The van der Waals surface area contributed by atoms with E-state index in [-0.39, 0.29) is 23.3 Å². The number of hydrogen-bond acceptors (Lipinski definition) is 7. The molecule has 2 aromatic carbocycles. The Morgan fingerprint density at radius 1 is 1.14 bits per heavy atom. The zero-order valence-electron chi connectivity index (χ0n) is 16.4. The summed E-state index contributed by atoms with van der Waals surface area (Å²) in [5, 5.41) is 10.8. The van der Waals surface area contributed by atoms with Crippen LogP contribution in [0.25, 0.3) is 0 Å². The highest BCUT2D eigenvalue weighted by Crippen LogP contribution is 2.48. The quantitative estimate of drug-likeness (QED) is 0.733. The van der Waals surface area contributed by atoms with Gasteiger partial charge in [0.25, 0.3) is 0 Å². The van der Waals surface area contributed by atoms with Crippen molar-refractivity contribution in [1.29, 1.82) is 0 Å². The summed E-state index contributed by atoms with van der Waals surface area (Å²) < 4.78 is 39.5. The number of nitrogens with zero attached hydrogens (tertiary/aromatic N) is 1. The second-order valence-electron chi connectivity index (χ2n) is 7.30. The molecule has 0 spiro atoms. The maximum atomic E-state index is 11.8. The van der Waals surface area contributed by atoms with Crippen LogP contribution < -0.4 is 13.7 Å². The van der Waals surface area contributed by atoms with E-state index in [1.165, 1.54) is 14.2 Å². The molecule has 2 aliphatic heterocycles. The van der Waals surface area contributed by atoms with Gasteiger partial charge in [0, 0.05) is 35.8 Å². The van der Waals surface area contributed by atoms with Crippen molar-refractivity contribution in [2.75, 3.05) is 27.0 Å². The maximum absolute atomic E-state index is 11.8. The van der Waals surface area contributed by atoms with Crippen molar-refractivity contribution in [1.82, 2.24) is 4.90 Å². The highest BCUT2D eigenvalue weighted by atomic mass is 35.5. The van der Waals surface area contributed by atoms with E-state index in [1.807, 2.05) is 6.07 Å². The Morgan fingerprint density at radius 2 is 1.86 bits per heavy atom. The van der Waals surface area contributed by atoms with Crippen molar-refractivity contribution in [2.45, 2.75) is 25.4 Å². The van der Waals surface area contributed by atoms with E-state index >= 15 is 0 Å². The standard InChI is InChI=1S/C20H22ClNO6S/c1-26-18-6-11-4-5-22-10-14-13(7-16(22)12(11)8-17(18)23)15(21)9-19(27-2)20(14)28-29(3,24)25/h6,8-9,16,23H,4-5,7,10H2,1-3H3. The van der Waals surface area contributed by atoms with Gasteiger partial charge in [-0.15, -0.1) is 0 Å². The Hall–Kier alpha value is -2.16. The van der Waals surface area contributed by atoms with Crippen molar-refractivity contribution in [3.05, 3.63) is 45.5 Å². The molecular weight excluding hydrogens is 418 g/mol. The van der Waals surface area contributed by atoms with Gasteiger partial charge in [-0.1, -0.05) is 11.6 Å². The number of rotatable bonds is 4. The van der Waals surface area contributed by atoms with Crippen LogP contribution in [0.5, 0.6) is 23.0 Å². The fraction of sp³-hybridized carbons (Fsp3) is 0.400. The van der Waals surface area contributed by atoms with Crippen molar-refractivity contribution in [3.63, 3.8) is 0 Å². The third kappa shape index (κ3) is 3.60. The summed E-state index contributed by atoms with van der Waals surface area (Å²) in [5.74, 6) is 1.04. The van der Waals surface area contributed by atoms with E-state index in [1.54, 1.807) is 12.1 Å². The number of methoxy groups -OCH3 is 2. The van der Waals surface area contributed by atoms with Gasteiger partial charge in [0.15, 0.2) is 23.0 Å². The Labute approximate surface area is 174 Å². The normalized spacial score (nSPS) is 18.4. The number of aromatic hydroxyl groups is 1. The van der Waals surface area contributed by atoms with Gasteiger partial charge < -0.3 is 18.8 Å². The Morgan fingerprint density at radius 3 is 2.52 bits per heavy atom. The molecule has 2 aromatic rings. The lowest BCUT2D eigenvalue weighted by Crippen LogP contribution is -2.39. The molecule has 29 heavy (non-hydrogen) atoms. The van der Waals surface area contributed by atoms with Gasteiger partial charge in [0.05, 0.1) is 20.5 Å². The molecule has 2 heterocycles. The van der Waals surface area contributed by atoms with Crippen LogP contribution in [-0.2, 0) is 29.5 Å². The molecule has 1 N–H and O–H groups in total. The summed E-state index contributed by atoms with van der Waals surface area (Å²) in [5.41, 5.74) is 3.70. The van der Waals surface area contributed by atoms with Gasteiger partial charge in [-0.05, 0) is 41.7 Å². The van der Waals surface area contributed by atoms with Crippen molar-refractivity contribution in [2.24, 2.45) is 0 Å². The highest BCUT2D eigenvalue weighted by molar-refractivity contribution is 7.86. The zero-order chi connectivity index (χ0) is 20.9.